The van der Waals surface area contributed by atoms with Crippen molar-refractivity contribution in [3.05, 3.63) is 0 Å². The topological polar surface area (TPSA) is 101 Å². The highest BCUT2D eigenvalue weighted by Gasteiger charge is 2.38. The summed E-state index contributed by atoms with van der Waals surface area (Å²) in [6, 6.07) is -0.552. The van der Waals surface area contributed by atoms with E-state index in [0.29, 0.717) is 0 Å². The molecule has 0 saturated carbocycles. The molecule has 14 heavy (non-hydrogen) atoms. The van der Waals surface area contributed by atoms with E-state index in [1.807, 2.05) is 0 Å². The van der Waals surface area contributed by atoms with Crippen LogP contribution in [0.4, 0.5) is 0 Å². The molecular formula is C8H15NO5. The maximum atomic E-state index is 10.3. The molecule has 6 heteroatoms. The molecule has 6 nitrogen and oxygen atoms in total. The Morgan fingerprint density at radius 3 is 2.57 bits per heavy atom. The lowest BCUT2D eigenvalue weighted by molar-refractivity contribution is -0.137. The van der Waals surface area contributed by atoms with Gasteiger partial charge in [-0.15, -0.1) is 0 Å². The molecule has 0 aromatic heterocycles. The van der Waals surface area contributed by atoms with Gasteiger partial charge < -0.3 is 20.4 Å². The summed E-state index contributed by atoms with van der Waals surface area (Å²) in [6.07, 6.45) is -1.95. The maximum Gasteiger partial charge on any atom is 0.304 e. The Morgan fingerprint density at radius 1 is 1.43 bits per heavy atom. The summed E-state index contributed by atoms with van der Waals surface area (Å²) in [6.45, 7) is 0.159. The Balaban J connectivity index is 2.48. The fourth-order valence-electron chi connectivity index (χ4n) is 1.68. The van der Waals surface area contributed by atoms with E-state index in [-0.39, 0.29) is 26.1 Å². The number of likely N-dealkylation sites (tertiary alicyclic amines) is 1. The summed E-state index contributed by atoms with van der Waals surface area (Å²) < 4.78 is 0. The first-order chi connectivity index (χ1) is 6.56. The van der Waals surface area contributed by atoms with E-state index >= 15 is 0 Å². The first kappa shape index (κ1) is 11.4. The van der Waals surface area contributed by atoms with Crippen LogP contribution < -0.4 is 0 Å². The molecule has 0 aliphatic carbocycles. The van der Waals surface area contributed by atoms with Crippen molar-refractivity contribution >= 4 is 5.97 Å². The minimum atomic E-state index is -0.992. The summed E-state index contributed by atoms with van der Waals surface area (Å²) in [5.41, 5.74) is 0. The Kier molecular flexibility index (Phi) is 3.82. The van der Waals surface area contributed by atoms with Crippen LogP contribution in [0, 0.1) is 0 Å². The first-order valence-electron chi connectivity index (χ1n) is 4.49. The molecule has 3 atom stereocenters. The van der Waals surface area contributed by atoms with Gasteiger partial charge in [-0.3, -0.25) is 9.69 Å². The van der Waals surface area contributed by atoms with Crippen molar-refractivity contribution in [2.75, 3.05) is 19.7 Å². The number of carbonyl (C=O) groups is 1. The molecule has 1 saturated heterocycles. The quantitative estimate of drug-likeness (QED) is 0.418. The van der Waals surface area contributed by atoms with E-state index in [1.54, 1.807) is 4.90 Å². The maximum absolute atomic E-state index is 10.3. The van der Waals surface area contributed by atoms with E-state index in [1.165, 1.54) is 0 Å². The molecule has 3 unspecified atom stereocenters. The molecule has 0 bridgehead atoms. The van der Waals surface area contributed by atoms with Crippen molar-refractivity contribution in [2.24, 2.45) is 0 Å². The number of carboxylic acids is 1. The van der Waals surface area contributed by atoms with Gasteiger partial charge in [-0.2, -0.15) is 0 Å². The summed E-state index contributed by atoms with van der Waals surface area (Å²) in [5.74, 6) is -0.933. The lowest BCUT2D eigenvalue weighted by Gasteiger charge is -2.22. The minimum absolute atomic E-state index is 0.0596. The molecule has 1 aliphatic heterocycles. The van der Waals surface area contributed by atoms with Crippen LogP contribution in [0.3, 0.4) is 0 Å². The van der Waals surface area contributed by atoms with Gasteiger partial charge in [0, 0.05) is 13.1 Å². The second-order valence-electron chi connectivity index (χ2n) is 3.45. The van der Waals surface area contributed by atoms with Crippen molar-refractivity contribution in [2.45, 2.75) is 24.7 Å². The van der Waals surface area contributed by atoms with E-state index in [4.69, 9.17) is 10.2 Å². The third-order valence-corrected chi connectivity index (χ3v) is 2.48. The third kappa shape index (κ3) is 2.42. The van der Waals surface area contributed by atoms with Crippen LogP contribution in [-0.2, 0) is 4.79 Å². The zero-order valence-electron chi connectivity index (χ0n) is 7.70. The minimum Gasteiger partial charge on any atom is -0.481 e. The molecule has 0 aromatic carbocycles. The summed E-state index contributed by atoms with van der Waals surface area (Å²) >= 11 is 0. The lowest BCUT2D eigenvalue weighted by atomic mass is 10.1. The molecule has 1 aliphatic rings. The van der Waals surface area contributed by atoms with Gasteiger partial charge in [-0.1, -0.05) is 0 Å². The largest absolute Gasteiger partial charge is 0.481 e. The molecule has 82 valence electrons. The van der Waals surface area contributed by atoms with Gasteiger partial charge in [0.15, 0.2) is 0 Å². The molecule has 1 heterocycles. The van der Waals surface area contributed by atoms with Crippen molar-refractivity contribution < 1.29 is 25.2 Å². The van der Waals surface area contributed by atoms with Crippen molar-refractivity contribution in [1.82, 2.24) is 4.90 Å². The highest BCUT2D eigenvalue weighted by molar-refractivity contribution is 5.66. The molecule has 4 N–H and O–H groups in total. The highest BCUT2D eigenvalue weighted by Crippen LogP contribution is 2.18. The van der Waals surface area contributed by atoms with E-state index < -0.39 is 24.2 Å². The van der Waals surface area contributed by atoms with Gasteiger partial charge in [-0.05, 0) is 0 Å². The summed E-state index contributed by atoms with van der Waals surface area (Å²) in [5, 5.41) is 36.1. The number of hydrogen-bond donors (Lipinski definition) is 4. The summed E-state index contributed by atoms with van der Waals surface area (Å²) in [7, 11) is 0. The van der Waals surface area contributed by atoms with Crippen molar-refractivity contribution in [3.8, 4) is 0 Å². The average Bonchev–Trinajstić information content (AvgIpc) is 2.39. The monoisotopic (exact) mass is 205 g/mol. The van der Waals surface area contributed by atoms with Crippen LogP contribution >= 0.6 is 0 Å². The van der Waals surface area contributed by atoms with Crippen LogP contribution in [0.2, 0.25) is 0 Å². The number of aliphatic carboxylic acids is 1. The highest BCUT2D eigenvalue weighted by atomic mass is 16.4. The molecule has 0 spiro atoms. The number of aliphatic hydroxyl groups excluding tert-OH is 3. The van der Waals surface area contributed by atoms with Crippen molar-refractivity contribution in [1.29, 1.82) is 0 Å². The van der Waals surface area contributed by atoms with Crippen molar-refractivity contribution in [3.63, 3.8) is 0 Å². The predicted octanol–water partition coefficient (Wildman–Crippen LogP) is -2.14. The summed E-state index contributed by atoms with van der Waals surface area (Å²) in [4.78, 5) is 11.9. The molecule has 0 amide bonds. The van der Waals surface area contributed by atoms with E-state index in [2.05, 4.69) is 0 Å². The Morgan fingerprint density at radius 2 is 2.07 bits per heavy atom. The van der Waals surface area contributed by atoms with E-state index in [0.717, 1.165) is 0 Å². The zero-order chi connectivity index (χ0) is 10.7. The second-order valence-corrected chi connectivity index (χ2v) is 3.45. The Bertz CT molecular complexity index is 210. The third-order valence-electron chi connectivity index (χ3n) is 2.48. The smallest absolute Gasteiger partial charge is 0.304 e. The number of rotatable bonds is 4. The fourth-order valence-corrected chi connectivity index (χ4v) is 1.68. The molecule has 1 rings (SSSR count). The normalized spacial score (nSPS) is 33.5. The van der Waals surface area contributed by atoms with Gasteiger partial charge in [0.2, 0.25) is 0 Å². The predicted molar refractivity (Wildman–Crippen MR) is 46.7 cm³/mol. The number of aliphatic hydroxyl groups is 3. The number of nitrogens with zero attached hydrogens (tertiary/aromatic N) is 1. The van der Waals surface area contributed by atoms with Gasteiger partial charge in [0.25, 0.3) is 0 Å². The van der Waals surface area contributed by atoms with Gasteiger partial charge in [0.1, 0.15) is 0 Å². The zero-order valence-corrected chi connectivity index (χ0v) is 7.70. The van der Waals surface area contributed by atoms with Crippen LogP contribution in [0.1, 0.15) is 6.42 Å². The standard InChI is InChI=1S/C8H15NO5/c10-4-5-8(14)6(11)3-9(5)2-1-7(12)13/h5-6,8,10-11,14H,1-4H2,(H,12,13). The molecule has 1 fully saturated rings. The van der Waals surface area contributed by atoms with Crippen LogP contribution in [-0.4, -0.2) is 69.2 Å². The molecule has 0 radical (unpaired) electrons. The van der Waals surface area contributed by atoms with Crippen LogP contribution in [0.5, 0.6) is 0 Å². The molecular weight excluding hydrogens is 190 g/mol. The SMILES string of the molecule is O=C(O)CCN1CC(O)C(O)C1CO. The number of hydrogen-bond acceptors (Lipinski definition) is 5. The number of carboxylic acid groups (broad SMARTS) is 1. The molecule has 0 aromatic rings. The van der Waals surface area contributed by atoms with Crippen LogP contribution in [0.15, 0.2) is 0 Å². The van der Waals surface area contributed by atoms with Gasteiger partial charge in [0.05, 0.1) is 31.3 Å². The second kappa shape index (κ2) is 4.70. The first-order valence-corrected chi connectivity index (χ1v) is 4.49. The Hall–Kier alpha value is -0.690. The Labute approximate surface area is 81.4 Å². The number of β-amino-alcohol motifs (C(OH)–C–C–N with tert-alkyl or cyclic N) is 1. The van der Waals surface area contributed by atoms with Gasteiger partial charge >= 0.3 is 5.97 Å². The fraction of sp³-hybridized carbons (Fsp3) is 0.875. The van der Waals surface area contributed by atoms with Gasteiger partial charge in [-0.25, -0.2) is 0 Å². The van der Waals surface area contributed by atoms with Crippen LogP contribution in [0.25, 0.3) is 0 Å². The average molecular weight is 205 g/mol. The van der Waals surface area contributed by atoms with E-state index in [9.17, 15) is 15.0 Å². The lowest BCUT2D eigenvalue weighted by Crippen LogP contribution is -2.39.